The van der Waals surface area contributed by atoms with Crippen molar-refractivity contribution < 1.29 is 4.79 Å². The summed E-state index contributed by atoms with van der Waals surface area (Å²) in [6.45, 7) is 4.44. The molecular weight excluding hydrogens is 234 g/mol. The van der Waals surface area contributed by atoms with Crippen molar-refractivity contribution in [2.45, 2.75) is 38.8 Å². The minimum absolute atomic E-state index is 0.386. The summed E-state index contributed by atoms with van der Waals surface area (Å²) in [6.07, 6.45) is 3.93. The van der Waals surface area contributed by atoms with Crippen LogP contribution in [0.25, 0.3) is 0 Å². The summed E-state index contributed by atoms with van der Waals surface area (Å²) in [5.74, 6) is 0. The topological polar surface area (TPSA) is 20.3 Å². The first-order chi connectivity index (χ1) is 8.16. The molecule has 1 aromatic rings. The summed E-state index contributed by atoms with van der Waals surface area (Å²) in [5, 5.41) is -0.386. The molecule has 0 aliphatic carbocycles. The zero-order valence-electron chi connectivity index (χ0n) is 10.2. The summed E-state index contributed by atoms with van der Waals surface area (Å²) in [5.41, 5.74) is 1.82. The fraction of sp³-hybridized carbons (Fsp3) is 0.500. The number of hydrogen-bond acceptors (Lipinski definition) is 2. The second-order valence-electron chi connectivity index (χ2n) is 4.79. The molecule has 0 amide bonds. The number of benzene rings is 1. The smallest absolute Gasteiger partial charge is 0.252 e. The van der Waals surface area contributed by atoms with E-state index >= 15 is 0 Å². The molecular formula is C14H18ClNO. The number of carbonyl (C=O) groups excluding carboxylic acids is 1. The minimum Gasteiger partial charge on any atom is -0.296 e. The van der Waals surface area contributed by atoms with E-state index in [1.54, 1.807) is 12.1 Å². The van der Waals surface area contributed by atoms with E-state index in [0.717, 1.165) is 6.54 Å². The van der Waals surface area contributed by atoms with E-state index in [0.29, 0.717) is 11.6 Å². The molecule has 1 unspecified atom stereocenters. The molecule has 1 atom stereocenters. The van der Waals surface area contributed by atoms with Crippen molar-refractivity contribution >= 4 is 16.8 Å². The molecule has 0 saturated carbocycles. The fourth-order valence-electron chi connectivity index (χ4n) is 2.37. The maximum Gasteiger partial charge on any atom is 0.252 e. The van der Waals surface area contributed by atoms with Crippen molar-refractivity contribution in [1.82, 2.24) is 4.90 Å². The Labute approximate surface area is 108 Å². The van der Waals surface area contributed by atoms with Crippen LogP contribution in [0.15, 0.2) is 24.3 Å². The van der Waals surface area contributed by atoms with Gasteiger partial charge in [-0.15, -0.1) is 0 Å². The lowest BCUT2D eigenvalue weighted by Gasteiger charge is -2.33. The van der Waals surface area contributed by atoms with Gasteiger partial charge in [0.25, 0.3) is 5.24 Å². The van der Waals surface area contributed by atoms with Gasteiger partial charge >= 0.3 is 0 Å². The van der Waals surface area contributed by atoms with Gasteiger partial charge in [0.2, 0.25) is 0 Å². The van der Waals surface area contributed by atoms with Gasteiger partial charge in [0.1, 0.15) is 0 Å². The van der Waals surface area contributed by atoms with Gasteiger partial charge in [0.15, 0.2) is 0 Å². The Hall–Kier alpha value is -0.860. The van der Waals surface area contributed by atoms with Crippen LogP contribution < -0.4 is 0 Å². The van der Waals surface area contributed by atoms with E-state index in [4.69, 9.17) is 11.6 Å². The van der Waals surface area contributed by atoms with E-state index < -0.39 is 0 Å². The van der Waals surface area contributed by atoms with Gasteiger partial charge < -0.3 is 0 Å². The second-order valence-corrected chi connectivity index (χ2v) is 5.13. The lowest BCUT2D eigenvalue weighted by Crippen LogP contribution is -2.36. The fourth-order valence-corrected chi connectivity index (χ4v) is 2.49. The van der Waals surface area contributed by atoms with E-state index in [1.165, 1.54) is 31.4 Å². The maximum atomic E-state index is 11.0. The van der Waals surface area contributed by atoms with Gasteiger partial charge in [0, 0.05) is 18.2 Å². The number of carbonyl (C=O) groups is 1. The van der Waals surface area contributed by atoms with Crippen LogP contribution in [0, 0.1) is 0 Å². The predicted molar refractivity (Wildman–Crippen MR) is 70.3 cm³/mol. The van der Waals surface area contributed by atoms with Gasteiger partial charge in [-0.1, -0.05) is 18.6 Å². The van der Waals surface area contributed by atoms with Gasteiger partial charge in [-0.2, -0.15) is 0 Å². The molecule has 3 heteroatoms. The first kappa shape index (κ1) is 12.6. The summed E-state index contributed by atoms with van der Waals surface area (Å²) >= 11 is 5.42. The summed E-state index contributed by atoms with van der Waals surface area (Å²) in [7, 11) is 0. The van der Waals surface area contributed by atoms with Crippen LogP contribution in [-0.2, 0) is 6.54 Å². The molecule has 0 aromatic heterocycles. The first-order valence-electron chi connectivity index (χ1n) is 6.19. The van der Waals surface area contributed by atoms with Crippen molar-refractivity contribution in [3.05, 3.63) is 35.4 Å². The normalized spacial score (nSPS) is 21.4. The predicted octanol–water partition coefficient (Wildman–Crippen LogP) is 3.44. The number of halogens is 1. The highest BCUT2D eigenvalue weighted by molar-refractivity contribution is 6.67. The molecule has 0 radical (unpaired) electrons. The highest BCUT2D eigenvalue weighted by Crippen LogP contribution is 2.19. The average Bonchev–Trinajstić information content (AvgIpc) is 2.33. The van der Waals surface area contributed by atoms with Gasteiger partial charge in [-0.05, 0) is 55.6 Å². The SMILES string of the molecule is CC1CCCCN1Cc1ccc(C(=O)Cl)cc1. The molecule has 0 spiro atoms. The number of likely N-dealkylation sites (tertiary alicyclic amines) is 1. The monoisotopic (exact) mass is 251 g/mol. The largest absolute Gasteiger partial charge is 0.296 e. The van der Waals surface area contributed by atoms with Crippen LogP contribution in [0.1, 0.15) is 42.1 Å². The second kappa shape index (κ2) is 5.65. The van der Waals surface area contributed by atoms with E-state index in [-0.39, 0.29) is 5.24 Å². The number of rotatable bonds is 3. The summed E-state index contributed by atoms with van der Waals surface area (Å²) in [6, 6.07) is 8.27. The summed E-state index contributed by atoms with van der Waals surface area (Å²) in [4.78, 5) is 13.5. The minimum atomic E-state index is -0.386. The van der Waals surface area contributed by atoms with E-state index in [9.17, 15) is 4.79 Å². The van der Waals surface area contributed by atoms with Crippen LogP contribution in [0.3, 0.4) is 0 Å². The zero-order valence-corrected chi connectivity index (χ0v) is 10.9. The van der Waals surface area contributed by atoms with Crippen molar-refractivity contribution in [2.24, 2.45) is 0 Å². The Balaban J connectivity index is 2.00. The highest BCUT2D eigenvalue weighted by Gasteiger charge is 2.17. The lowest BCUT2D eigenvalue weighted by atomic mass is 10.0. The van der Waals surface area contributed by atoms with Gasteiger partial charge in [-0.25, -0.2) is 0 Å². The third-order valence-electron chi connectivity index (χ3n) is 3.51. The molecule has 17 heavy (non-hydrogen) atoms. The molecule has 1 aliphatic rings. The Kier molecular flexibility index (Phi) is 4.19. The average molecular weight is 252 g/mol. The molecule has 1 saturated heterocycles. The number of hydrogen-bond donors (Lipinski definition) is 0. The van der Waals surface area contributed by atoms with Crippen molar-refractivity contribution in [1.29, 1.82) is 0 Å². The Bertz CT molecular complexity index is 388. The van der Waals surface area contributed by atoms with Crippen LogP contribution in [0.2, 0.25) is 0 Å². The van der Waals surface area contributed by atoms with Crippen molar-refractivity contribution in [2.75, 3.05) is 6.54 Å². The highest BCUT2D eigenvalue weighted by atomic mass is 35.5. The summed E-state index contributed by atoms with van der Waals surface area (Å²) < 4.78 is 0. The van der Waals surface area contributed by atoms with Crippen molar-refractivity contribution in [3.8, 4) is 0 Å². The quantitative estimate of drug-likeness (QED) is 0.767. The van der Waals surface area contributed by atoms with E-state index in [2.05, 4.69) is 11.8 Å². The van der Waals surface area contributed by atoms with Gasteiger partial charge in [0.05, 0.1) is 0 Å². The van der Waals surface area contributed by atoms with Crippen molar-refractivity contribution in [3.63, 3.8) is 0 Å². The molecule has 2 rings (SSSR count). The molecule has 92 valence electrons. The molecule has 0 N–H and O–H groups in total. The number of piperidine rings is 1. The zero-order chi connectivity index (χ0) is 12.3. The van der Waals surface area contributed by atoms with Crippen LogP contribution in [0.5, 0.6) is 0 Å². The molecule has 1 fully saturated rings. The standard InChI is InChI=1S/C14H18ClNO/c1-11-4-2-3-9-16(11)10-12-5-7-13(8-6-12)14(15)17/h5-8,11H,2-4,9-10H2,1H3. The molecule has 2 nitrogen and oxygen atoms in total. The Morgan fingerprint density at radius 3 is 2.65 bits per heavy atom. The third-order valence-corrected chi connectivity index (χ3v) is 3.73. The van der Waals surface area contributed by atoms with Gasteiger partial charge in [-0.3, -0.25) is 9.69 Å². The van der Waals surface area contributed by atoms with Crippen LogP contribution in [-0.4, -0.2) is 22.7 Å². The molecule has 1 aromatic carbocycles. The maximum absolute atomic E-state index is 11.0. The van der Waals surface area contributed by atoms with Crippen LogP contribution >= 0.6 is 11.6 Å². The van der Waals surface area contributed by atoms with Crippen LogP contribution in [0.4, 0.5) is 0 Å². The molecule has 0 bridgehead atoms. The molecule has 1 heterocycles. The first-order valence-corrected chi connectivity index (χ1v) is 6.57. The molecule has 1 aliphatic heterocycles. The Morgan fingerprint density at radius 1 is 1.35 bits per heavy atom. The Morgan fingerprint density at radius 2 is 2.06 bits per heavy atom. The van der Waals surface area contributed by atoms with E-state index in [1.807, 2.05) is 12.1 Å². The third kappa shape index (κ3) is 3.30. The number of nitrogens with zero attached hydrogens (tertiary/aromatic N) is 1. The lowest BCUT2D eigenvalue weighted by molar-refractivity contribution is 0.108.